The van der Waals surface area contributed by atoms with Gasteiger partial charge in [-0.2, -0.15) is 13.2 Å². The molecule has 2 aliphatic heterocycles. The summed E-state index contributed by atoms with van der Waals surface area (Å²) in [7, 11) is 0. The third kappa shape index (κ3) is 4.34. The molecule has 1 atom stereocenters. The van der Waals surface area contributed by atoms with Gasteiger partial charge in [-0.3, -0.25) is 4.90 Å². The lowest BCUT2D eigenvalue weighted by atomic mass is 9.86. The van der Waals surface area contributed by atoms with Crippen LogP contribution in [0.15, 0.2) is 36.7 Å². The molecule has 0 saturated carbocycles. The number of nitrogens with two attached hydrogens (primary N) is 1. The second-order valence-electron chi connectivity index (χ2n) is 8.80. The number of anilines is 2. The van der Waals surface area contributed by atoms with E-state index in [1.54, 1.807) is 6.07 Å². The monoisotopic (exact) mass is 447 g/mol. The number of nitrogens with zero attached hydrogens (tertiary/aromatic N) is 4. The molecule has 0 amide bonds. The van der Waals surface area contributed by atoms with Crippen molar-refractivity contribution in [3.8, 4) is 0 Å². The van der Waals surface area contributed by atoms with Crippen LogP contribution in [-0.2, 0) is 13.0 Å². The summed E-state index contributed by atoms with van der Waals surface area (Å²) in [5.41, 5.74) is 8.12. The highest BCUT2D eigenvalue weighted by Crippen LogP contribution is 2.43. The van der Waals surface area contributed by atoms with Crippen LogP contribution in [0.1, 0.15) is 23.3 Å². The molecule has 0 aliphatic carbocycles. The van der Waals surface area contributed by atoms with Crippen LogP contribution in [0.5, 0.6) is 0 Å². The fourth-order valence-electron chi connectivity index (χ4n) is 4.99. The van der Waals surface area contributed by atoms with E-state index < -0.39 is 12.6 Å². The predicted molar refractivity (Wildman–Crippen MR) is 117 cm³/mol. The molecule has 3 aromatic rings. The summed E-state index contributed by atoms with van der Waals surface area (Å²) in [6, 6.07) is 9.64. The van der Waals surface area contributed by atoms with Gasteiger partial charge in [0, 0.05) is 42.2 Å². The first-order chi connectivity index (χ1) is 14.8. The Kier molecular flexibility index (Phi) is 5.05. The van der Waals surface area contributed by atoms with Crippen LogP contribution in [0.4, 0.5) is 24.7 Å². The largest absolute Gasteiger partial charge is 0.399 e. The fourth-order valence-corrected chi connectivity index (χ4v) is 6.01. The molecule has 0 radical (unpaired) electrons. The van der Waals surface area contributed by atoms with Gasteiger partial charge in [0.25, 0.3) is 0 Å². The van der Waals surface area contributed by atoms with Crippen molar-refractivity contribution in [3.05, 3.63) is 47.1 Å². The van der Waals surface area contributed by atoms with Gasteiger partial charge in [-0.05, 0) is 43.1 Å². The van der Waals surface area contributed by atoms with E-state index >= 15 is 0 Å². The summed E-state index contributed by atoms with van der Waals surface area (Å²) in [5, 5.41) is 0.735. The molecule has 2 aliphatic rings. The Bertz CT molecular complexity index is 1100. The van der Waals surface area contributed by atoms with Crippen LogP contribution in [0.3, 0.4) is 0 Å². The zero-order valence-corrected chi connectivity index (χ0v) is 17.8. The Labute approximate surface area is 182 Å². The second kappa shape index (κ2) is 7.63. The van der Waals surface area contributed by atoms with E-state index in [0.717, 1.165) is 73.8 Å². The van der Waals surface area contributed by atoms with Gasteiger partial charge in [-0.25, -0.2) is 9.97 Å². The second-order valence-corrected chi connectivity index (χ2v) is 9.91. The predicted octanol–water partition coefficient (Wildman–Crippen LogP) is 4.48. The van der Waals surface area contributed by atoms with Crippen LogP contribution in [0.25, 0.3) is 10.2 Å². The van der Waals surface area contributed by atoms with Crippen molar-refractivity contribution in [1.82, 2.24) is 14.9 Å². The van der Waals surface area contributed by atoms with Crippen molar-refractivity contribution in [2.75, 3.05) is 36.8 Å². The lowest BCUT2D eigenvalue weighted by molar-refractivity contribution is -0.126. The molecule has 9 heteroatoms. The molecule has 31 heavy (non-hydrogen) atoms. The molecule has 5 nitrogen and oxygen atoms in total. The van der Waals surface area contributed by atoms with E-state index in [0.29, 0.717) is 4.83 Å². The van der Waals surface area contributed by atoms with Crippen LogP contribution >= 0.6 is 11.3 Å². The SMILES string of the molecule is Nc1cccc(CN2CCC3(CCN(c4ncnc5sc(CC(F)(F)F)cc45)C3)C2)c1. The summed E-state index contributed by atoms with van der Waals surface area (Å²) in [5.74, 6) is 0.765. The molecule has 2 saturated heterocycles. The normalized spacial score (nSPS) is 22.2. The lowest BCUT2D eigenvalue weighted by Crippen LogP contribution is -2.31. The van der Waals surface area contributed by atoms with E-state index in [1.165, 1.54) is 11.9 Å². The number of nitrogen functional groups attached to an aromatic ring is 1. The van der Waals surface area contributed by atoms with Gasteiger partial charge < -0.3 is 10.6 Å². The minimum Gasteiger partial charge on any atom is -0.399 e. The quantitative estimate of drug-likeness (QED) is 0.598. The van der Waals surface area contributed by atoms with Crippen molar-refractivity contribution >= 4 is 33.1 Å². The Morgan fingerprint density at radius 2 is 1.94 bits per heavy atom. The molecule has 2 aromatic heterocycles. The number of likely N-dealkylation sites (tertiary alicyclic amines) is 1. The van der Waals surface area contributed by atoms with Crippen LogP contribution in [0, 0.1) is 5.41 Å². The number of alkyl halides is 3. The topological polar surface area (TPSA) is 58.3 Å². The maximum atomic E-state index is 12.8. The smallest absolute Gasteiger partial charge is 0.393 e. The zero-order valence-electron chi connectivity index (χ0n) is 17.0. The molecule has 2 fully saturated rings. The first kappa shape index (κ1) is 20.5. The summed E-state index contributed by atoms with van der Waals surface area (Å²) >= 11 is 1.11. The molecule has 1 aromatic carbocycles. The standard InChI is InChI=1S/C22H24F3N5S/c23-22(24,25)10-17-9-18-19(27-14-28-20(18)31-17)30-7-5-21(13-30)4-6-29(12-21)11-15-2-1-3-16(26)8-15/h1-3,8-9,14H,4-7,10-13,26H2. The van der Waals surface area contributed by atoms with Gasteiger partial charge in [0.2, 0.25) is 0 Å². The average Bonchev–Trinajstić information content (AvgIpc) is 3.39. The third-order valence-electron chi connectivity index (χ3n) is 6.35. The molecule has 5 rings (SSSR count). The Balaban J connectivity index is 1.31. The van der Waals surface area contributed by atoms with E-state index in [9.17, 15) is 13.2 Å². The molecule has 4 heterocycles. The molecular weight excluding hydrogens is 423 g/mol. The number of hydrogen-bond acceptors (Lipinski definition) is 6. The summed E-state index contributed by atoms with van der Waals surface area (Å²) < 4.78 is 38.5. The van der Waals surface area contributed by atoms with Crippen molar-refractivity contribution in [1.29, 1.82) is 0 Å². The fraction of sp³-hybridized carbons (Fsp3) is 0.455. The van der Waals surface area contributed by atoms with Crippen molar-refractivity contribution < 1.29 is 13.2 Å². The van der Waals surface area contributed by atoms with Crippen LogP contribution in [0.2, 0.25) is 0 Å². The highest BCUT2D eigenvalue weighted by molar-refractivity contribution is 7.18. The summed E-state index contributed by atoms with van der Waals surface area (Å²) in [4.78, 5) is 14.3. The zero-order chi connectivity index (χ0) is 21.6. The molecular formula is C22H24F3N5S. The van der Waals surface area contributed by atoms with Crippen LogP contribution < -0.4 is 10.6 Å². The highest BCUT2D eigenvalue weighted by atomic mass is 32.1. The maximum absolute atomic E-state index is 12.8. The number of rotatable bonds is 4. The number of aromatic nitrogens is 2. The van der Waals surface area contributed by atoms with E-state index in [4.69, 9.17) is 5.73 Å². The Hall–Kier alpha value is -2.39. The van der Waals surface area contributed by atoms with E-state index in [-0.39, 0.29) is 10.3 Å². The van der Waals surface area contributed by atoms with Crippen molar-refractivity contribution in [2.45, 2.75) is 32.0 Å². The minimum atomic E-state index is -4.22. The molecule has 1 spiro atoms. The first-order valence-corrected chi connectivity index (χ1v) is 11.2. The lowest BCUT2D eigenvalue weighted by Gasteiger charge is -2.25. The maximum Gasteiger partial charge on any atom is 0.393 e. The van der Waals surface area contributed by atoms with Gasteiger partial charge in [0.15, 0.2) is 0 Å². The van der Waals surface area contributed by atoms with Gasteiger partial charge in [-0.15, -0.1) is 11.3 Å². The average molecular weight is 448 g/mol. The number of fused-ring (bicyclic) bond motifs is 1. The summed E-state index contributed by atoms with van der Waals surface area (Å²) in [6.07, 6.45) is -1.50. The van der Waals surface area contributed by atoms with Gasteiger partial charge >= 0.3 is 6.18 Å². The number of hydrogen-bond donors (Lipinski definition) is 1. The van der Waals surface area contributed by atoms with E-state index in [1.807, 2.05) is 18.2 Å². The molecule has 0 bridgehead atoms. The van der Waals surface area contributed by atoms with Gasteiger partial charge in [-0.1, -0.05) is 12.1 Å². The minimum absolute atomic E-state index is 0.197. The van der Waals surface area contributed by atoms with Crippen LogP contribution in [-0.4, -0.2) is 47.2 Å². The number of benzene rings is 1. The third-order valence-corrected chi connectivity index (χ3v) is 7.39. The number of thiophene rings is 1. The molecule has 164 valence electrons. The molecule has 2 N–H and O–H groups in total. The first-order valence-electron chi connectivity index (χ1n) is 10.4. The van der Waals surface area contributed by atoms with Gasteiger partial charge in [0.1, 0.15) is 17.0 Å². The summed E-state index contributed by atoms with van der Waals surface area (Å²) in [6.45, 7) is 4.67. The van der Waals surface area contributed by atoms with Crippen molar-refractivity contribution in [2.24, 2.45) is 5.41 Å². The highest BCUT2D eigenvalue weighted by Gasteiger charge is 2.44. The van der Waals surface area contributed by atoms with Crippen molar-refractivity contribution in [3.63, 3.8) is 0 Å². The number of halogens is 3. The Morgan fingerprint density at radius 1 is 1.10 bits per heavy atom. The van der Waals surface area contributed by atoms with E-state index in [2.05, 4.69) is 25.8 Å². The molecule has 1 unspecified atom stereocenters. The van der Waals surface area contributed by atoms with Gasteiger partial charge in [0.05, 0.1) is 11.8 Å². The Morgan fingerprint density at radius 3 is 2.74 bits per heavy atom.